The molecule has 0 aromatic carbocycles. The van der Waals surface area contributed by atoms with Crippen LogP contribution in [-0.2, 0) is 6.42 Å². The van der Waals surface area contributed by atoms with E-state index in [9.17, 15) is 0 Å². The summed E-state index contributed by atoms with van der Waals surface area (Å²) in [6, 6.07) is 2.09. The molecule has 0 bridgehead atoms. The van der Waals surface area contributed by atoms with Crippen LogP contribution >= 0.6 is 11.3 Å². The highest BCUT2D eigenvalue weighted by Gasteiger charge is 2.06. The largest absolute Gasteiger partial charge is 0.368 e. The number of anilines is 2. The molecule has 0 fully saturated rings. The topological polar surface area (TPSA) is 107 Å². The second kappa shape index (κ2) is 5.61. The minimum Gasteiger partial charge on any atom is -0.368 e. The normalized spacial score (nSPS) is 10.6. The average molecular weight is 288 g/mol. The van der Waals surface area contributed by atoms with Crippen molar-refractivity contribution in [3.8, 4) is 5.95 Å². The van der Waals surface area contributed by atoms with Gasteiger partial charge in [-0.2, -0.15) is 36.1 Å². The van der Waals surface area contributed by atoms with Crippen LogP contribution in [0.5, 0.6) is 0 Å². The lowest BCUT2D eigenvalue weighted by atomic mass is 10.2. The van der Waals surface area contributed by atoms with Crippen LogP contribution in [0.1, 0.15) is 5.56 Å². The standard InChI is InChI=1S/C11H12N8S/c12-9-16-10(14-3-1-8-2-4-20-5-8)18-11(17-9)19-7-13-6-15-19/h2,4-7H,1,3H2,(H3,12,14,16,17,18). The summed E-state index contributed by atoms with van der Waals surface area (Å²) < 4.78 is 1.43. The molecule has 102 valence electrons. The monoisotopic (exact) mass is 288 g/mol. The van der Waals surface area contributed by atoms with Gasteiger partial charge in [0.1, 0.15) is 12.7 Å². The Hall–Kier alpha value is -2.55. The molecule has 3 rings (SSSR count). The van der Waals surface area contributed by atoms with Gasteiger partial charge in [-0.15, -0.1) is 0 Å². The molecule has 0 saturated carbocycles. The molecule has 3 N–H and O–H groups in total. The van der Waals surface area contributed by atoms with Crippen LogP contribution in [0.25, 0.3) is 5.95 Å². The molecule has 9 heteroatoms. The van der Waals surface area contributed by atoms with Gasteiger partial charge in [-0.1, -0.05) is 0 Å². The summed E-state index contributed by atoms with van der Waals surface area (Å²) in [6.45, 7) is 0.719. The van der Waals surface area contributed by atoms with Gasteiger partial charge in [0.05, 0.1) is 0 Å². The molecular formula is C11H12N8S. The van der Waals surface area contributed by atoms with Crippen molar-refractivity contribution < 1.29 is 0 Å². The number of hydrogen-bond donors (Lipinski definition) is 2. The third-order valence-corrected chi connectivity index (χ3v) is 3.27. The minimum absolute atomic E-state index is 0.142. The molecule has 0 aliphatic rings. The second-order valence-electron chi connectivity index (χ2n) is 3.97. The minimum atomic E-state index is 0.142. The molecule has 0 atom stereocenters. The Morgan fingerprint density at radius 1 is 1.30 bits per heavy atom. The van der Waals surface area contributed by atoms with Gasteiger partial charge < -0.3 is 11.1 Å². The van der Waals surface area contributed by atoms with E-state index in [1.807, 2.05) is 0 Å². The van der Waals surface area contributed by atoms with Crippen molar-refractivity contribution in [1.29, 1.82) is 0 Å². The summed E-state index contributed by atoms with van der Waals surface area (Å²) in [4.78, 5) is 16.1. The molecule has 3 heterocycles. The van der Waals surface area contributed by atoms with Gasteiger partial charge in [0.25, 0.3) is 5.95 Å². The van der Waals surface area contributed by atoms with Gasteiger partial charge in [-0.05, 0) is 28.8 Å². The highest BCUT2D eigenvalue weighted by Crippen LogP contribution is 2.08. The van der Waals surface area contributed by atoms with Crippen molar-refractivity contribution in [2.75, 3.05) is 17.6 Å². The molecule has 0 saturated heterocycles. The van der Waals surface area contributed by atoms with E-state index in [0.717, 1.165) is 13.0 Å². The van der Waals surface area contributed by atoms with E-state index >= 15 is 0 Å². The third kappa shape index (κ3) is 2.88. The van der Waals surface area contributed by atoms with Gasteiger partial charge >= 0.3 is 0 Å². The zero-order valence-electron chi connectivity index (χ0n) is 10.5. The molecule has 0 aliphatic carbocycles. The lowest BCUT2D eigenvalue weighted by Crippen LogP contribution is -2.13. The van der Waals surface area contributed by atoms with E-state index in [-0.39, 0.29) is 5.95 Å². The van der Waals surface area contributed by atoms with Crippen molar-refractivity contribution in [3.05, 3.63) is 35.0 Å². The Morgan fingerprint density at radius 3 is 3.00 bits per heavy atom. The van der Waals surface area contributed by atoms with Crippen LogP contribution in [0.15, 0.2) is 29.5 Å². The molecule has 8 nitrogen and oxygen atoms in total. The number of thiophene rings is 1. The van der Waals surface area contributed by atoms with Crippen molar-refractivity contribution in [1.82, 2.24) is 29.7 Å². The molecule has 20 heavy (non-hydrogen) atoms. The zero-order valence-corrected chi connectivity index (χ0v) is 11.3. The Labute approximate surface area is 118 Å². The summed E-state index contributed by atoms with van der Waals surface area (Å²) in [5, 5.41) is 11.3. The number of nitrogens with one attached hydrogen (secondary N) is 1. The van der Waals surface area contributed by atoms with Crippen LogP contribution in [0.3, 0.4) is 0 Å². The number of hydrogen-bond acceptors (Lipinski definition) is 8. The fraction of sp³-hybridized carbons (Fsp3) is 0.182. The van der Waals surface area contributed by atoms with Gasteiger partial charge in [0.2, 0.25) is 11.9 Å². The highest BCUT2D eigenvalue weighted by molar-refractivity contribution is 7.07. The van der Waals surface area contributed by atoms with Crippen LogP contribution < -0.4 is 11.1 Å². The Kier molecular flexibility index (Phi) is 3.50. The summed E-state index contributed by atoms with van der Waals surface area (Å²) in [7, 11) is 0. The summed E-state index contributed by atoms with van der Waals surface area (Å²) in [5.74, 6) is 0.912. The van der Waals surface area contributed by atoms with Crippen LogP contribution in [0.4, 0.5) is 11.9 Å². The third-order valence-electron chi connectivity index (χ3n) is 2.54. The lowest BCUT2D eigenvalue weighted by molar-refractivity contribution is 0.796. The highest BCUT2D eigenvalue weighted by atomic mass is 32.1. The van der Waals surface area contributed by atoms with Crippen LogP contribution in [0, 0.1) is 0 Å². The first kappa shape index (κ1) is 12.5. The SMILES string of the molecule is Nc1nc(NCCc2ccsc2)nc(-n2cncn2)n1. The first-order chi connectivity index (χ1) is 9.81. The Bertz CT molecular complexity index is 664. The number of nitrogens with zero attached hydrogens (tertiary/aromatic N) is 6. The summed E-state index contributed by atoms with van der Waals surface area (Å²) >= 11 is 1.68. The summed E-state index contributed by atoms with van der Waals surface area (Å²) in [6.07, 6.45) is 3.81. The maximum absolute atomic E-state index is 5.67. The molecular weight excluding hydrogens is 276 g/mol. The van der Waals surface area contributed by atoms with Gasteiger partial charge in [-0.3, -0.25) is 0 Å². The first-order valence-corrected chi connectivity index (χ1v) is 6.87. The fourth-order valence-corrected chi connectivity index (χ4v) is 2.33. The number of rotatable bonds is 5. The predicted molar refractivity (Wildman–Crippen MR) is 75.7 cm³/mol. The quantitative estimate of drug-likeness (QED) is 0.713. The van der Waals surface area contributed by atoms with Crippen molar-refractivity contribution in [3.63, 3.8) is 0 Å². The van der Waals surface area contributed by atoms with E-state index in [2.05, 4.69) is 47.2 Å². The Morgan fingerprint density at radius 2 is 2.25 bits per heavy atom. The molecule has 0 aliphatic heterocycles. The van der Waals surface area contributed by atoms with E-state index < -0.39 is 0 Å². The van der Waals surface area contributed by atoms with E-state index in [1.165, 1.54) is 22.9 Å². The predicted octanol–water partition coefficient (Wildman–Crippen LogP) is 0.751. The van der Waals surface area contributed by atoms with E-state index in [1.54, 1.807) is 11.3 Å². The number of nitrogen functional groups attached to an aromatic ring is 1. The number of nitrogens with two attached hydrogens (primary N) is 1. The smallest absolute Gasteiger partial charge is 0.258 e. The molecule has 0 spiro atoms. The molecule has 0 unspecified atom stereocenters. The van der Waals surface area contributed by atoms with Gasteiger partial charge in [-0.25, -0.2) is 4.98 Å². The van der Waals surface area contributed by atoms with Crippen LogP contribution in [0.2, 0.25) is 0 Å². The zero-order chi connectivity index (χ0) is 13.8. The van der Waals surface area contributed by atoms with Crippen molar-refractivity contribution >= 4 is 23.2 Å². The van der Waals surface area contributed by atoms with Crippen LogP contribution in [-0.4, -0.2) is 36.3 Å². The molecule has 0 amide bonds. The van der Waals surface area contributed by atoms with E-state index in [4.69, 9.17) is 5.73 Å². The maximum Gasteiger partial charge on any atom is 0.258 e. The Balaban J connectivity index is 1.70. The number of aromatic nitrogens is 6. The molecule has 0 radical (unpaired) electrons. The molecule has 3 aromatic rings. The van der Waals surface area contributed by atoms with Gasteiger partial charge in [0.15, 0.2) is 0 Å². The van der Waals surface area contributed by atoms with Gasteiger partial charge in [0, 0.05) is 6.54 Å². The van der Waals surface area contributed by atoms with Crippen molar-refractivity contribution in [2.24, 2.45) is 0 Å². The fourth-order valence-electron chi connectivity index (χ4n) is 1.63. The summed E-state index contributed by atoms with van der Waals surface area (Å²) in [5.41, 5.74) is 6.95. The van der Waals surface area contributed by atoms with E-state index in [0.29, 0.717) is 11.9 Å². The molecule has 3 aromatic heterocycles. The average Bonchev–Trinajstić information content (AvgIpc) is 3.11. The lowest BCUT2D eigenvalue weighted by Gasteiger charge is -2.06. The van der Waals surface area contributed by atoms with Crippen molar-refractivity contribution in [2.45, 2.75) is 6.42 Å². The second-order valence-corrected chi connectivity index (χ2v) is 4.75. The maximum atomic E-state index is 5.67. The first-order valence-electron chi connectivity index (χ1n) is 5.93.